The summed E-state index contributed by atoms with van der Waals surface area (Å²) < 4.78 is 5.82. The van der Waals surface area contributed by atoms with Crippen molar-refractivity contribution in [2.24, 2.45) is 5.41 Å². The fraction of sp³-hybridized carbons (Fsp3) is 0.833. The summed E-state index contributed by atoms with van der Waals surface area (Å²) in [5, 5.41) is 0. The van der Waals surface area contributed by atoms with Crippen molar-refractivity contribution < 1.29 is 4.74 Å². The Morgan fingerprint density at radius 1 is 1.38 bits per heavy atom. The molecule has 0 bridgehead atoms. The average Bonchev–Trinajstić information content (AvgIpc) is 2.01. The zero-order valence-corrected chi connectivity index (χ0v) is 9.60. The van der Waals surface area contributed by atoms with Crippen LogP contribution < -0.4 is 0 Å². The van der Waals surface area contributed by atoms with Crippen LogP contribution in [-0.2, 0) is 4.74 Å². The van der Waals surface area contributed by atoms with E-state index in [0.717, 1.165) is 19.4 Å². The molecule has 0 saturated carbocycles. The van der Waals surface area contributed by atoms with E-state index in [2.05, 4.69) is 34.3 Å². The molecule has 1 unspecified atom stereocenters. The van der Waals surface area contributed by atoms with Crippen molar-refractivity contribution in [1.29, 1.82) is 0 Å². The molecule has 0 aliphatic rings. The maximum absolute atomic E-state index is 5.82. The number of rotatable bonds is 6. The molecule has 0 saturated heterocycles. The van der Waals surface area contributed by atoms with Crippen LogP contribution in [0.15, 0.2) is 12.7 Å². The Morgan fingerprint density at radius 2 is 2.00 bits per heavy atom. The first kappa shape index (κ1) is 12.7. The van der Waals surface area contributed by atoms with Gasteiger partial charge in [0.25, 0.3) is 0 Å². The Bertz CT molecular complexity index is 133. The van der Waals surface area contributed by atoms with E-state index >= 15 is 0 Å². The van der Waals surface area contributed by atoms with Gasteiger partial charge in [0.2, 0.25) is 0 Å². The predicted molar refractivity (Wildman–Crippen MR) is 58.9 cm³/mol. The molecule has 0 radical (unpaired) electrons. The second-order valence-electron chi connectivity index (χ2n) is 4.59. The van der Waals surface area contributed by atoms with Gasteiger partial charge in [0, 0.05) is 0 Å². The normalized spacial score (nSPS) is 14.2. The van der Waals surface area contributed by atoms with Crippen LogP contribution in [0.25, 0.3) is 0 Å². The van der Waals surface area contributed by atoms with Crippen LogP contribution in [0.5, 0.6) is 0 Å². The number of ether oxygens (including phenoxy) is 1. The molecule has 0 amide bonds. The fourth-order valence-electron chi connectivity index (χ4n) is 1.32. The quantitative estimate of drug-likeness (QED) is 0.451. The monoisotopic (exact) mass is 184 g/mol. The van der Waals surface area contributed by atoms with Gasteiger partial charge in [-0.05, 0) is 18.3 Å². The molecule has 1 atom stereocenters. The Balaban J connectivity index is 3.87. The van der Waals surface area contributed by atoms with Gasteiger partial charge in [0.1, 0.15) is 0 Å². The summed E-state index contributed by atoms with van der Waals surface area (Å²) in [7, 11) is 0. The third-order valence-corrected chi connectivity index (χ3v) is 2.16. The molecule has 1 nitrogen and oxygen atoms in total. The lowest BCUT2D eigenvalue weighted by molar-refractivity contribution is -0.0209. The third-order valence-electron chi connectivity index (χ3n) is 2.16. The van der Waals surface area contributed by atoms with Gasteiger partial charge < -0.3 is 4.74 Å². The van der Waals surface area contributed by atoms with E-state index < -0.39 is 0 Å². The van der Waals surface area contributed by atoms with Crippen LogP contribution in [0.3, 0.4) is 0 Å². The van der Waals surface area contributed by atoms with E-state index in [1.54, 1.807) is 0 Å². The van der Waals surface area contributed by atoms with Crippen molar-refractivity contribution in [3.05, 3.63) is 12.7 Å². The van der Waals surface area contributed by atoms with Crippen LogP contribution in [0, 0.1) is 5.41 Å². The minimum atomic E-state index is 0.261. The van der Waals surface area contributed by atoms with Crippen molar-refractivity contribution in [2.45, 2.75) is 53.1 Å². The van der Waals surface area contributed by atoms with Gasteiger partial charge in [-0.25, -0.2) is 0 Å². The molecule has 0 fully saturated rings. The summed E-state index contributed by atoms with van der Waals surface area (Å²) in [5.41, 5.74) is 0.261. The summed E-state index contributed by atoms with van der Waals surface area (Å²) in [6.07, 6.45) is 5.59. The largest absolute Gasteiger partial charge is 0.377 e. The molecule has 0 aromatic rings. The lowest BCUT2D eigenvalue weighted by Crippen LogP contribution is -2.29. The summed E-state index contributed by atoms with van der Waals surface area (Å²) in [6, 6.07) is 0. The second kappa shape index (κ2) is 6.20. The molecule has 0 spiro atoms. The highest BCUT2D eigenvalue weighted by atomic mass is 16.5. The zero-order valence-electron chi connectivity index (χ0n) is 9.60. The Morgan fingerprint density at radius 3 is 2.38 bits per heavy atom. The highest BCUT2D eigenvalue weighted by Crippen LogP contribution is 2.25. The standard InChI is InChI=1S/C12H24O/c1-6-8-10-13-11(9-7-2)12(3,4)5/h6,11H,1,7-10H2,2-5H3. The molecular formula is C12H24O. The molecule has 0 aliphatic heterocycles. The summed E-state index contributed by atoms with van der Waals surface area (Å²) in [4.78, 5) is 0. The SMILES string of the molecule is C=CCCOC(CCC)C(C)(C)C. The topological polar surface area (TPSA) is 9.23 Å². The van der Waals surface area contributed by atoms with Gasteiger partial charge in [-0.3, -0.25) is 0 Å². The fourth-order valence-corrected chi connectivity index (χ4v) is 1.32. The van der Waals surface area contributed by atoms with Crippen molar-refractivity contribution in [2.75, 3.05) is 6.61 Å². The minimum Gasteiger partial charge on any atom is -0.377 e. The van der Waals surface area contributed by atoms with Crippen LogP contribution in [0.2, 0.25) is 0 Å². The van der Waals surface area contributed by atoms with Crippen LogP contribution in [0.1, 0.15) is 47.0 Å². The Labute approximate surface area is 83.2 Å². The Kier molecular flexibility index (Phi) is 6.06. The predicted octanol–water partition coefficient (Wildman–Crippen LogP) is 3.79. The van der Waals surface area contributed by atoms with Crippen molar-refractivity contribution in [3.8, 4) is 0 Å². The minimum absolute atomic E-state index is 0.261. The van der Waals surface area contributed by atoms with E-state index in [0.29, 0.717) is 6.10 Å². The maximum Gasteiger partial charge on any atom is 0.0623 e. The molecule has 1 heteroatoms. The Hall–Kier alpha value is -0.300. The molecule has 13 heavy (non-hydrogen) atoms. The highest BCUT2D eigenvalue weighted by molar-refractivity contribution is 4.75. The molecule has 0 aromatic heterocycles. The third kappa shape index (κ3) is 5.87. The molecule has 0 aliphatic carbocycles. The van der Waals surface area contributed by atoms with Crippen LogP contribution in [-0.4, -0.2) is 12.7 Å². The molecule has 0 heterocycles. The second-order valence-corrected chi connectivity index (χ2v) is 4.59. The van der Waals surface area contributed by atoms with Crippen LogP contribution in [0.4, 0.5) is 0 Å². The van der Waals surface area contributed by atoms with E-state index in [-0.39, 0.29) is 5.41 Å². The molecule has 0 aromatic carbocycles. The van der Waals surface area contributed by atoms with Gasteiger partial charge in [0.15, 0.2) is 0 Å². The molecule has 0 N–H and O–H groups in total. The van der Waals surface area contributed by atoms with Gasteiger partial charge in [-0.1, -0.05) is 40.2 Å². The van der Waals surface area contributed by atoms with Crippen LogP contribution >= 0.6 is 0 Å². The van der Waals surface area contributed by atoms with Crippen molar-refractivity contribution in [3.63, 3.8) is 0 Å². The molecule has 0 rings (SSSR count). The number of hydrogen-bond acceptors (Lipinski definition) is 1. The van der Waals surface area contributed by atoms with Gasteiger partial charge in [-0.15, -0.1) is 6.58 Å². The summed E-state index contributed by atoms with van der Waals surface area (Å²) >= 11 is 0. The summed E-state index contributed by atoms with van der Waals surface area (Å²) in [5.74, 6) is 0. The van der Waals surface area contributed by atoms with Crippen molar-refractivity contribution in [1.82, 2.24) is 0 Å². The van der Waals surface area contributed by atoms with Gasteiger partial charge in [-0.2, -0.15) is 0 Å². The van der Waals surface area contributed by atoms with Crippen molar-refractivity contribution >= 4 is 0 Å². The lowest BCUT2D eigenvalue weighted by Gasteiger charge is -2.30. The number of hydrogen-bond donors (Lipinski definition) is 0. The first-order chi connectivity index (χ1) is 6.02. The maximum atomic E-state index is 5.82. The zero-order chi connectivity index (χ0) is 10.3. The molecule has 78 valence electrons. The van der Waals surface area contributed by atoms with Gasteiger partial charge in [0.05, 0.1) is 12.7 Å². The highest BCUT2D eigenvalue weighted by Gasteiger charge is 2.23. The smallest absolute Gasteiger partial charge is 0.0623 e. The lowest BCUT2D eigenvalue weighted by atomic mass is 9.86. The first-order valence-electron chi connectivity index (χ1n) is 5.24. The van der Waals surface area contributed by atoms with Gasteiger partial charge >= 0.3 is 0 Å². The summed E-state index contributed by atoms with van der Waals surface area (Å²) in [6.45, 7) is 13.4. The average molecular weight is 184 g/mol. The molecular weight excluding hydrogens is 160 g/mol. The van der Waals surface area contributed by atoms with E-state index in [1.165, 1.54) is 6.42 Å². The van der Waals surface area contributed by atoms with E-state index in [9.17, 15) is 0 Å². The van der Waals surface area contributed by atoms with E-state index in [1.807, 2.05) is 6.08 Å². The van der Waals surface area contributed by atoms with E-state index in [4.69, 9.17) is 4.74 Å². The first-order valence-corrected chi connectivity index (χ1v) is 5.24.